The van der Waals surface area contributed by atoms with Crippen LogP contribution in [0.15, 0.2) is 48.5 Å². The molecule has 7 nitrogen and oxygen atoms in total. The molecule has 148 valence electrons. The fourth-order valence-electron chi connectivity index (χ4n) is 4.05. The predicted molar refractivity (Wildman–Crippen MR) is 104 cm³/mol. The number of likely N-dealkylation sites (tertiary alicyclic amines) is 1. The van der Waals surface area contributed by atoms with Gasteiger partial charge in [0.2, 0.25) is 0 Å². The Morgan fingerprint density at radius 2 is 1.89 bits per heavy atom. The molecular formula is C21H26N3O4+. The van der Waals surface area contributed by atoms with Crippen LogP contribution in [0.3, 0.4) is 0 Å². The zero-order valence-electron chi connectivity index (χ0n) is 16.1. The average molecular weight is 384 g/mol. The number of hydrogen-bond donors (Lipinski definition) is 3. The van der Waals surface area contributed by atoms with Crippen LogP contribution in [-0.4, -0.2) is 32.7 Å². The second-order valence-electron chi connectivity index (χ2n) is 6.82. The Morgan fingerprint density at radius 3 is 2.54 bits per heavy atom. The molecule has 1 saturated heterocycles. The maximum atomic E-state index is 12.9. The van der Waals surface area contributed by atoms with Crippen LogP contribution in [0.5, 0.6) is 11.5 Å². The Morgan fingerprint density at radius 1 is 1.14 bits per heavy atom. The van der Waals surface area contributed by atoms with E-state index >= 15 is 0 Å². The zero-order chi connectivity index (χ0) is 20.1. The fraction of sp³-hybridized carbons (Fsp3) is 0.333. The molecule has 0 aromatic heterocycles. The van der Waals surface area contributed by atoms with Crippen LogP contribution in [0.25, 0.3) is 0 Å². The number of carbonyl (C=O) groups excluding carboxylic acids is 2. The van der Waals surface area contributed by atoms with E-state index in [0.29, 0.717) is 5.75 Å². The highest BCUT2D eigenvalue weighted by Crippen LogP contribution is 2.33. The van der Waals surface area contributed by atoms with Gasteiger partial charge in [0.1, 0.15) is 17.5 Å². The lowest BCUT2D eigenvalue weighted by molar-refractivity contribution is -0.940. The lowest BCUT2D eigenvalue weighted by Gasteiger charge is -2.30. The number of methoxy groups -OCH3 is 2. The van der Waals surface area contributed by atoms with Crippen molar-refractivity contribution in [2.75, 3.05) is 20.8 Å². The molecule has 7 heteroatoms. The quantitative estimate of drug-likeness (QED) is 0.701. The Labute approximate surface area is 164 Å². The standard InChI is InChI=1S/C21H25N3O4/c1-27-15-10-11-16(18(13-15)28-2)17-9-6-12-24(17)19(20(25)23-21(22)26)14-7-4-3-5-8-14/h3-5,7-8,10-11,13,17,19H,6,9,12H2,1-2H3,(H3,22,23,25,26)/p+1/t17-,19+/m1/s1. The second kappa shape index (κ2) is 8.75. The van der Waals surface area contributed by atoms with Crippen molar-refractivity contribution < 1.29 is 24.0 Å². The third-order valence-corrected chi connectivity index (χ3v) is 5.23. The SMILES string of the molecule is COc1ccc([C@H]2CCC[NH+]2[C@H](C(=O)NC(N)=O)c2ccccc2)c(OC)c1. The Kier molecular flexibility index (Phi) is 6.16. The molecule has 3 rings (SSSR count). The molecule has 3 amide bonds. The van der Waals surface area contributed by atoms with E-state index in [0.717, 1.165) is 41.2 Å². The summed E-state index contributed by atoms with van der Waals surface area (Å²) in [5, 5.41) is 2.26. The van der Waals surface area contributed by atoms with Gasteiger partial charge in [0, 0.05) is 24.5 Å². The average Bonchev–Trinajstić information content (AvgIpc) is 3.16. The van der Waals surface area contributed by atoms with E-state index in [2.05, 4.69) is 5.32 Å². The molecule has 1 heterocycles. The van der Waals surface area contributed by atoms with E-state index in [9.17, 15) is 9.59 Å². The minimum atomic E-state index is -0.844. The van der Waals surface area contributed by atoms with Crippen molar-refractivity contribution in [1.82, 2.24) is 5.32 Å². The molecule has 1 fully saturated rings. The molecule has 3 atom stereocenters. The Bertz CT molecular complexity index is 841. The molecular weight excluding hydrogens is 358 g/mol. The highest BCUT2D eigenvalue weighted by Gasteiger charge is 2.42. The molecule has 0 bridgehead atoms. The lowest BCUT2D eigenvalue weighted by Crippen LogP contribution is -3.11. The van der Waals surface area contributed by atoms with Gasteiger partial charge in [-0.2, -0.15) is 0 Å². The number of benzene rings is 2. The molecule has 0 radical (unpaired) electrons. The van der Waals surface area contributed by atoms with Crippen LogP contribution in [-0.2, 0) is 4.79 Å². The van der Waals surface area contributed by atoms with Gasteiger partial charge in [0.05, 0.1) is 26.3 Å². The summed E-state index contributed by atoms with van der Waals surface area (Å²) in [4.78, 5) is 25.3. The highest BCUT2D eigenvalue weighted by atomic mass is 16.5. The minimum absolute atomic E-state index is 0.0460. The van der Waals surface area contributed by atoms with Gasteiger partial charge >= 0.3 is 6.03 Å². The molecule has 1 unspecified atom stereocenters. The Balaban J connectivity index is 2.00. The van der Waals surface area contributed by atoms with Gasteiger partial charge in [0.15, 0.2) is 6.04 Å². The van der Waals surface area contributed by atoms with Crippen molar-refractivity contribution in [3.05, 3.63) is 59.7 Å². The van der Waals surface area contributed by atoms with Crippen LogP contribution >= 0.6 is 0 Å². The monoisotopic (exact) mass is 384 g/mol. The van der Waals surface area contributed by atoms with Crippen LogP contribution in [0.1, 0.15) is 36.1 Å². The normalized spacial score (nSPS) is 19.6. The first-order valence-electron chi connectivity index (χ1n) is 9.28. The van der Waals surface area contributed by atoms with E-state index in [-0.39, 0.29) is 6.04 Å². The van der Waals surface area contributed by atoms with Crippen molar-refractivity contribution in [2.24, 2.45) is 5.73 Å². The van der Waals surface area contributed by atoms with Gasteiger partial charge in [0.25, 0.3) is 5.91 Å². The summed E-state index contributed by atoms with van der Waals surface area (Å²) in [6.45, 7) is 0.797. The maximum absolute atomic E-state index is 12.9. The summed E-state index contributed by atoms with van der Waals surface area (Å²) in [5.41, 5.74) is 7.08. The molecule has 1 aliphatic heterocycles. The number of quaternary nitrogens is 1. The number of imide groups is 1. The summed E-state index contributed by atoms with van der Waals surface area (Å²) in [5.74, 6) is 1.05. The van der Waals surface area contributed by atoms with Gasteiger partial charge in [-0.3, -0.25) is 10.1 Å². The topological polar surface area (TPSA) is 95.1 Å². The summed E-state index contributed by atoms with van der Waals surface area (Å²) in [6, 6.07) is 13.9. The number of nitrogens with one attached hydrogen (secondary N) is 2. The van der Waals surface area contributed by atoms with Crippen molar-refractivity contribution >= 4 is 11.9 Å². The molecule has 28 heavy (non-hydrogen) atoms. The summed E-state index contributed by atoms with van der Waals surface area (Å²) >= 11 is 0. The smallest absolute Gasteiger partial charge is 0.319 e. The van der Waals surface area contributed by atoms with Crippen LogP contribution in [0, 0.1) is 0 Å². The highest BCUT2D eigenvalue weighted by molar-refractivity contribution is 5.96. The largest absolute Gasteiger partial charge is 0.497 e. The zero-order valence-corrected chi connectivity index (χ0v) is 16.1. The molecule has 2 aromatic carbocycles. The molecule has 4 N–H and O–H groups in total. The van der Waals surface area contributed by atoms with E-state index in [1.165, 1.54) is 0 Å². The van der Waals surface area contributed by atoms with Crippen molar-refractivity contribution in [3.8, 4) is 11.5 Å². The number of nitrogens with two attached hydrogens (primary N) is 1. The number of ether oxygens (including phenoxy) is 2. The van der Waals surface area contributed by atoms with E-state index in [1.807, 2.05) is 48.5 Å². The van der Waals surface area contributed by atoms with Gasteiger partial charge in [-0.25, -0.2) is 4.79 Å². The number of hydrogen-bond acceptors (Lipinski definition) is 4. The molecule has 1 aliphatic rings. The van der Waals surface area contributed by atoms with Crippen LogP contribution < -0.4 is 25.4 Å². The number of amides is 3. The predicted octanol–water partition coefficient (Wildman–Crippen LogP) is 1.36. The number of primary amides is 1. The maximum Gasteiger partial charge on any atom is 0.319 e. The van der Waals surface area contributed by atoms with Crippen molar-refractivity contribution in [2.45, 2.75) is 24.9 Å². The first-order valence-corrected chi connectivity index (χ1v) is 9.28. The van der Waals surface area contributed by atoms with Gasteiger partial charge in [-0.05, 0) is 12.1 Å². The fourth-order valence-corrected chi connectivity index (χ4v) is 4.05. The van der Waals surface area contributed by atoms with Crippen LogP contribution in [0.2, 0.25) is 0 Å². The first-order chi connectivity index (χ1) is 13.5. The summed E-state index contributed by atoms with van der Waals surface area (Å²) < 4.78 is 10.9. The van der Waals surface area contributed by atoms with E-state index < -0.39 is 18.0 Å². The van der Waals surface area contributed by atoms with Crippen LogP contribution in [0.4, 0.5) is 4.79 Å². The van der Waals surface area contributed by atoms with E-state index in [4.69, 9.17) is 15.2 Å². The van der Waals surface area contributed by atoms with Crippen molar-refractivity contribution in [3.63, 3.8) is 0 Å². The molecule has 0 saturated carbocycles. The van der Waals surface area contributed by atoms with E-state index in [1.54, 1.807) is 14.2 Å². The molecule has 0 aliphatic carbocycles. The van der Waals surface area contributed by atoms with Crippen molar-refractivity contribution in [1.29, 1.82) is 0 Å². The number of urea groups is 1. The molecule has 2 aromatic rings. The second-order valence-corrected chi connectivity index (χ2v) is 6.82. The minimum Gasteiger partial charge on any atom is -0.497 e. The van der Waals surface area contributed by atoms with Gasteiger partial charge < -0.3 is 20.1 Å². The summed E-state index contributed by atoms with van der Waals surface area (Å²) in [7, 11) is 3.24. The number of carbonyl (C=O) groups is 2. The summed E-state index contributed by atoms with van der Waals surface area (Å²) in [6.07, 6.45) is 1.87. The van der Waals surface area contributed by atoms with Gasteiger partial charge in [-0.15, -0.1) is 0 Å². The Hall–Kier alpha value is -3.06. The number of rotatable bonds is 6. The first kappa shape index (κ1) is 19.7. The van der Waals surface area contributed by atoms with Gasteiger partial charge in [-0.1, -0.05) is 30.3 Å². The lowest BCUT2D eigenvalue weighted by atomic mass is 9.98. The third kappa shape index (κ3) is 4.09. The third-order valence-electron chi connectivity index (χ3n) is 5.23. The molecule has 0 spiro atoms.